The molecule has 0 saturated carbocycles. The number of hydrogen-bond acceptors (Lipinski definition) is 5. The summed E-state index contributed by atoms with van der Waals surface area (Å²) < 4.78 is 0. The van der Waals surface area contributed by atoms with Crippen molar-refractivity contribution in [2.24, 2.45) is 5.92 Å². The lowest BCUT2D eigenvalue weighted by molar-refractivity contribution is -0.116. The van der Waals surface area contributed by atoms with Gasteiger partial charge in [-0.25, -0.2) is 0 Å². The lowest BCUT2D eigenvalue weighted by Crippen LogP contribution is -2.11. The van der Waals surface area contributed by atoms with E-state index < -0.39 is 0 Å². The van der Waals surface area contributed by atoms with Gasteiger partial charge >= 0.3 is 0 Å². The number of ketones is 1. The van der Waals surface area contributed by atoms with Crippen LogP contribution in [0.5, 0.6) is 0 Å². The summed E-state index contributed by atoms with van der Waals surface area (Å²) in [4.78, 5) is 23.8. The van der Waals surface area contributed by atoms with E-state index in [-0.39, 0.29) is 11.7 Å². The third-order valence-corrected chi connectivity index (χ3v) is 4.06. The molecule has 1 heterocycles. The fourth-order valence-corrected chi connectivity index (χ4v) is 3.06. The van der Waals surface area contributed by atoms with Gasteiger partial charge in [0.1, 0.15) is 5.01 Å². The molecule has 0 spiro atoms. The summed E-state index contributed by atoms with van der Waals surface area (Å²) in [6, 6.07) is 9.13. The number of benzene rings is 1. The van der Waals surface area contributed by atoms with Crippen LogP contribution in [0.3, 0.4) is 0 Å². The Bertz CT molecular complexity index is 653. The van der Waals surface area contributed by atoms with Crippen molar-refractivity contribution in [2.45, 2.75) is 39.5 Å². The Kier molecular flexibility index (Phi) is 6.40. The van der Waals surface area contributed by atoms with Crippen LogP contribution in [-0.2, 0) is 11.2 Å². The molecule has 5 nitrogen and oxygen atoms in total. The molecule has 2 rings (SSSR count). The molecule has 0 fully saturated rings. The molecular formula is C17H21N3O2S. The van der Waals surface area contributed by atoms with Crippen molar-refractivity contribution in [3.63, 3.8) is 0 Å². The molecule has 0 radical (unpaired) electrons. The zero-order valence-corrected chi connectivity index (χ0v) is 14.2. The maximum absolute atomic E-state index is 11.9. The van der Waals surface area contributed by atoms with Crippen molar-refractivity contribution in [1.82, 2.24) is 10.2 Å². The maximum Gasteiger partial charge on any atom is 0.226 e. The molecule has 0 saturated heterocycles. The number of amides is 1. The Labute approximate surface area is 140 Å². The highest BCUT2D eigenvalue weighted by molar-refractivity contribution is 7.15. The minimum Gasteiger partial charge on any atom is -0.301 e. The molecule has 0 bridgehead atoms. The van der Waals surface area contributed by atoms with Crippen LogP contribution in [0.25, 0.3) is 0 Å². The Morgan fingerprint density at radius 3 is 2.57 bits per heavy atom. The molecule has 6 heteroatoms. The van der Waals surface area contributed by atoms with E-state index in [9.17, 15) is 9.59 Å². The van der Waals surface area contributed by atoms with E-state index in [1.807, 2.05) is 18.2 Å². The quantitative estimate of drug-likeness (QED) is 0.748. The molecule has 0 aliphatic carbocycles. The van der Waals surface area contributed by atoms with Crippen molar-refractivity contribution in [2.75, 3.05) is 5.32 Å². The van der Waals surface area contributed by atoms with Crippen LogP contribution in [-0.4, -0.2) is 21.9 Å². The van der Waals surface area contributed by atoms with Crippen molar-refractivity contribution in [3.8, 4) is 0 Å². The van der Waals surface area contributed by atoms with Gasteiger partial charge in [-0.15, -0.1) is 10.2 Å². The normalized spacial score (nSPS) is 10.7. The molecule has 0 unspecified atom stereocenters. The second-order valence-corrected chi connectivity index (χ2v) is 6.85. The minimum atomic E-state index is -0.127. The maximum atomic E-state index is 11.9. The Hall–Kier alpha value is -2.08. The first kappa shape index (κ1) is 17.3. The molecule has 2 aromatic rings. The summed E-state index contributed by atoms with van der Waals surface area (Å²) in [6.45, 7) is 4.23. The lowest BCUT2D eigenvalue weighted by atomic mass is 10.1. The highest BCUT2D eigenvalue weighted by Gasteiger charge is 2.11. The molecule has 122 valence electrons. The monoisotopic (exact) mass is 331 g/mol. The molecule has 0 aliphatic heterocycles. The third-order valence-electron chi connectivity index (χ3n) is 3.20. The lowest BCUT2D eigenvalue weighted by Gasteiger charge is -2.02. The summed E-state index contributed by atoms with van der Waals surface area (Å²) in [5.41, 5.74) is 0.690. The van der Waals surface area contributed by atoms with E-state index in [1.165, 1.54) is 11.3 Å². The van der Waals surface area contributed by atoms with E-state index in [4.69, 9.17) is 0 Å². The van der Waals surface area contributed by atoms with Crippen LogP contribution < -0.4 is 5.32 Å². The van der Waals surface area contributed by atoms with E-state index in [1.54, 1.807) is 12.1 Å². The highest BCUT2D eigenvalue weighted by Crippen LogP contribution is 2.18. The van der Waals surface area contributed by atoms with Gasteiger partial charge in [-0.05, 0) is 12.3 Å². The van der Waals surface area contributed by atoms with Gasteiger partial charge in [0.15, 0.2) is 5.78 Å². The third kappa shape index (κ3) is 5.90. The number of hydrogen-bond donors (Lipinski definition) is 1. The van der Waals surface area contributed by atoms with Crippen LogP contribution in [0.4, 0.5) is 5.13 Å². The Morgan fingerprint density at radius 1 is 1.13 bits per heavy atom. The van der Waals surface area contributed by atoms with Gasteiger partial charge in [0.2, 0.25) is 11.0 Å². The fourth-order valence-electron chi connectivity index (χ4n) is 2.10. The Balaban J connectivity index is 1.73. The van der Waals surface area contributed by atoms with Crippen molar-refractivity contribution in [1.29, 1.82) is 0 Å². The molecule has 1 aromatic carbocycles. The summed E-state index contributed by atoms with van der Waals surface area (Å²) in [6.07, 6.45) is 2.06. The summed E-state index contributed by atoms with van der Waals surface area (Å²) >= 11 is 1.41. The zero-order chi connectivity index (χ0) is 16.7. The standard InChI is InChI=1S/C17H21N3O2S/c1-12(2)11-16-19-20-17(23-16)18-15(22)10-6-9-14(21)13-7-4-3-5-8-13/h3-5,7-8,12H,6,9-11H2,1-2H3,(H,18,20,22). The topological polar surface area (TPSA) is 72.0 Å². The zero-order valence-electron chi connectivity index (χ0n) is 13.4. The molecule has 1 aromatic heterocycles. The van der Waals surface area contributed by atoms with Gasteiger partial charge in [-0.3, -0.25) is 9.59 Å². The minimum absolute atomic E-state index is 0.0635. The second kappa shape index (κ2) is 8.53. The predicted molar refractivity (Wildman–Crippen MR) is 91.7 cm³/mol. The summed E-state index contributed by atoms with van der Waals surface area (Å²) in [5, 5.41) is 12.2. The fraction of sp³-hybridized carbons (Fsp3) is 0.412. The van der Waals surface area contributed by atoms with Crippen molar-refractivity contribution < 1.29 is 9.59 Å². The molecule has 23 heavy (non-hydrogen) atoms. The molecular weight excluding hydrogens is 310 g/mol. The smallest absolute Gasteiger partial charge is 0.226 e. The van der Waals surface area contributed by atoms with Gasteiger partial charge < -0.3 is 5.32 Å². The van der Waals surface area contributed by atoms with Crippen molar-refractivity contribution >= 4 is 28.2 Å². The number of carbonyl (C=O) groups is 2. The first-order valence-corrected chi connectivity index (χ1v) is 8.56. The number of anilines is 1. The van der Waals surface area contributed by atoms with Crippen LogP contribution >= 0.6 is 11.3 Å². The van der Waals surface area contributed by atoms with Gasteiger partial charge in [-0.2, -0.15) is 0 Å². The molecule has 0 atom stereocenters. The van der Waals surface area contributed by atoms with E-state index >= 15 is 0 Å². The number of carbonyl (C=O) groups excluding carboxylic acids is 2. The van der Waals surface area contributed by atoms with Gasteiger partial charge in [-0.1, -0.05) is 55.5 Å². The molecule has 0 aliphatic rings. The van der Waals surface area contributed by atoms with Crippen LogP contribution in [0.1, 0.15) is 48.5 Å². The van der Waals surface area contributed by atoms with Gasteiger partial charge in [0.05, 0.1) is 0 Å². The number of nitrogens with zero attached hydrogens (tertiary/aromatic N) is 2. The average molecular weight is 331 g/mol. The highest BCUT2D eigenvalue weighted by atomic mass is 32.1. The van der Waals surface area contributed by atoms with E-state index in [0.717, 1.165) is 11.4 Å². The number of aromatic nitrogens is 2. The van der Waals surface area contributed by atoms with Gasteiger partial charge in [0, 0.05) is 24.8 Å². The first-order chi connectivity index (χ1) is 11.0. The summed E-state index contributed by atoms with van der Waals surface area (Å²) in [5.74, 6) is 0.446. The number of rotatable bonds is 8. The van der Waals surface area contributed by atoms with Crippen LogP contribution in [0, 0.1) is 5.92 Å². The van der Waals surface area contributed by atoms with Crippen LogP contribution in [0.15, 0.2) is 30.3 Å². The van der Waals surface area contributed by atoms with E-state index in [0.29, 0.717) is 35.9 Å². The first-order valence-electron chi connectivity index (χ1n) is 7.75. The predicted octanol–water partition coefficient (Wildman–Crippen LogP) is 3.73. The molecule has 1 N–H and O–H groups in total. The van der Waals surface area contributed by atoms with Gasteiger partial charge in [0.25, 0.3) is 0 Å². The number of nitrogens with one attached hydrogen (secondary N) is 1. The molecule has 1 amide bonds. The SMILES string of the molecule is CC(C)Cc1nnc(NC(=O)CCCC(=O)c2ccccc2)s1. The van der Waals surface area contributed by atoms with Crippen LogP contribution in [0.2, 0.25) is 0 Å². The number of Topliss-reactive ketones (excluding diaryl/α,β-unsaturated/α-hetero) is 1. The summed E-state index contributed by atoms with van der Waals surface area (Å²) in [7, 11) is 0. The second-order valence-electron chi connectivity index (χ2n) is 5.79. The largest absolute Gasteiger partial charge is 0.301 e. The van der Waals surface area contributed by atoms with E-state index in [2.05, 4.69) is 29.4 Å². The Morgan fingerprint density at radius 2 is 1.87 bits per heavy atom. The van der Waals surface area contributed by atoms with Crippen molar-refractivity contribution in [3.05, 3.63) is 40.9 Å². The average Bonchev–Trinajstić information content (AvgIpc) is 2.94.